The van der Waals surface area contributed by atoms with Crippen LogP contribution in [-0.4, -0.2) is 22.4 Å². The van der Waals surface area contributed by atoms with Gasteiger partial charge in [-0.05, 0) is 0 Å². The molecule has 0 aromatic rings. The van der Waals surface area contributed by atoms with Crippen LogP contribution in [0.15, 0.2) is 0 Å². The Balaban J connectivity index is 3.00. The van der Waals surface area contributed by atoms with Gasteiger partial charge in [0.1, 0.15) is 0 Å². The Morgan fingerprint density at radius 1 is 1.12 bits per heavy atom. The standard InChI is InChI=1S/C12H25P2.2CH3.Ti/c1-5-12(6-2)8-10(13-3)7-11(9-12)14-4;;;/h10,13-14H,5-9H2,1-4H3;2*1H3;. The summed E-state index contributed by atoms with van der Waals surface area (Å²) in [7, 11) is 2.37. The molecule has 17 heavy (non-hydrogen) atoms. The van der Waals surface area contributed by atoms with Gasteiger partial charge in [0.05, 0.1) is 0 Å². The molecule has 101 valence electrons. The van der Waals surface area contributed by atoms with E-state index >= 15 is 0 Å². The van der Waals surface area contributed by atoms with Crippen molar-refractivity contribution < 1.29 is 17.9 Å². The third-order valence-electron chi connectivity index (χ3n) is 5.29. The summed E-state index contributed by atoms with van der Waals surface area (Å²) in [5.41, 5.74) is 1.76. The van der Waals surface area contributed by atoms with Crippen molar-refractivity contribution in [2.24, 2.45) is 5.41 Å². The van der Waals surface area contributed by atoms with Crippen LogP contribution in [0.25, 0.3) is 0 Å². The predicted molar refractivity (Wildman–Crippen MR) is 83.6 cm³/mol. The molecule has 0 heterocycles. The molecule has 0 saturated heterocycles. The second-order valence-electron chi connectivity index (χ2n) is 6.11. The molecule has 1 fully saturated rings. The van der Waals surface area contributed by atoms with Crippen molar-refractivity contribution in [1.82, 2.24) is 0 Å². The van der Waals surface area contributed by atoms with Crippen molar-refractivity contribution in [2.75, 3.05) is 13.3 Å². The van der Waals surface area contributed by atoms with E-state index in [1.807, 2.05) is 0 Å². The molecule has 1 aliphatic rings. The summed E-state index contributed by atoms with van der Waals surface area (Å²) in [6, 6.07) is 0. The normalized spacial score (nSPS) is 33.9. The minimum atomic E-state index is -0.813. The average molecular weight is 309 g/mol. The first-order valence-electron chi connectivity index (χ1n) is 7.14. The van der Waals surface area contributed by atoms with E-state index in [2.05, 4.69) is 37.6 Å². The second kappa shape index (κ2) is 6.84. The molecule has 0 aromatic heterocycles. The van der Waals surface area contributed by atoms with Crippen LogP contribution in [0.4, 0.5) is 0 Å². The van der Waals surface area contributed by atoms with Crippen LogP contribution in [0, 0.1) is 5.41 Å². The monoisotopic (exact) mass is 309 g/mol. The van der Waals surface area contributed by atoms with Crippen molar-refractivity contribution in [3.8, 4) is 0 Å². The van der Waals surface area contributed by atoms with Gasteiger partial charge in [-0.25, -0.2) is 0 Å². The van der Waals surface area contributed by atoms with Gasteiger partial charge >= 0.3 is 119 Å². The van der Waals surface area contributed by atoms with E-state index in [1.165, 1.54) is 36.4 Å². The van der Waals surface area contributed by atoms with Gasteiger partial charge < -0.3 is 0 Å². The van der Waals surface area contributed by atoms with Crippen LogP contribution < -0.4 is 0 Å². The van der Waals surface area contributed by atoms with E-state index in [4.69, 9.17) is 0 Å². The zero-order valence-electron chi connectivity index (χ0n) is 12.6. The summed E-state index contributed by atoms with van der Waals surface area (Å²) in [4.78, 5) is 0. The Hall–Kier alpha value is 1.57. The summed E-state index contributed by atoms with van der Waals surface area (Å²) in [6.07, 6.45) is 7.53. The third kappa shape index (κ3) is 3.57. The fraction of sp³-hybridized carbons (Fsp3) is 1.00. The number of hydrogen-bond acceptors (Lipinski definition) is 0. The van der Waals surface area contributed by atoms with Gasteiger partial charge in [-0.1, -0.05) is 0 Å². The van der Waals surface area contributed by atoms with Crippen LogP contribution >= 0.6 is 17.2 Å². The summed E-state index contributed by atoms with van der Waals surface area (Å²) in [5.74, 6) is 0. The van der Waals surface area contributed by atoms with Crippen molar-refractivity contribution in [3.05, 3.63) is 0 Å². The third-order valence-corrected chi connectivity index (χ3v) is 14.7. The molecule has 1 aliphatic carbocycles. The molecule has 0 aliphatic heterocycles. The molecule has 0 aromatic carbocycles. The van der Waals surface area contributed by atoms with Gasteiger partial charge in [-0.2, -0.15) is 0 Å². The molecule has 0 amide bonds. The Kier molecular flexibility index (Phi) is 6.69. The molecule has 4 unspecified atom stereocenters. The number of hydrogen-bond donors (Lipinski definition) is 0. The quantitative estimate of drug-likeness (QED) is 0.473. The van der Waals surface area contributed by atoms with Crippen molar-refractivity contribution in [2.45, 2.75) is 65.5 Å². The van der Waals surface area contributed by atoms with Crippen molar-refractivity contribution in [1.29, 1.82) is 0 Å². The van der Waals surface area contributed by atoms with Gasteiger partial charge in [-0.3, -0.25) is 0 Å². The Morgan fingerprint density at radius 3 is 2.06 bits per heavy atom. The Bertz CT molecular complexity index is 238. The zero-order valence-corrected chi connectivity index (χ0v) is 16.2. The summed E-state index contributed by atoms with van der Waals surface area (Å²) in [6.45, 7) is 9.83. The molecular weight excluding hydrogens is 278 g/mol. The predicted octanol–water partition coefficient (Wildman–Crippen LogP) is 5.37. The molecular formula is C14H31P2Ti. The molecule has 0 nitrogen and oxygen atoms in total. The molecule has 0 N–H and O–H groups in total. The molecule has 0 spiro atoms. The molecule has 1 saturated carbocycles. The number of rotatable bonds is 5. The van der Waals surface area contributed by atoms with E-state index in [1.54, 1.807) is 12.8 Å². The Labute approximate surface area is 119 Å². The van der Waals surface area contributed by atoms with E-state index in [0.717, 1.165) is 9.12 Å². The first-order chi connectivity index (χ1) is 7.97. The van der Waals surface area contributed by atoms with E-state index < -0.39 is 17.9 Å². The van der Waals surface area contributed by atoms with E-state index in [0.29, 0.717) is 5.41 Å². The molecule has 1 rings (SSSR count). The molecule has 0 radical (unpaired) electrons. The molecule has 3 heteroatoms. The van der Waals surface area contributed by atoms with Gasteiger partial charge in [0.2, 0.25) is 0 Å². The van der Waals surface area contributed by atoms with Crippen molar-refractivity contribution >= 4 is 17.2 Å². The zero-order chi connectivity index (χ0) is 13.1. The van der Waals surface area contributed by atoms with Crippen LogP contribution in [0.3, 0.4) is 0 Å². The van der Waals surface area contributed by atoms with Gasteiger partial charge in [0, 0.05) is 0 Å². The van der Waals surface area contributed by atoms with Crippen LogP contribution in [-0.2, 0) is 17.9 Å². The van der Waals surface area contributed by atoms with Gasteiger partial charge in [0.15, 0.2) is 0 Å². The first-order valence-corrected chi connectivity index (χ1v) is 14.1. The summed E-state index contributed by atoms with van der Waals surface area (Å²) in [5, 5.41) is 5.27. The fourth-order valence-electron chi connectivity index (χ4n) is 3.61. The fourth-order valence-corrected chi connectivity index (χ4v) is 11.3. The molecule has 4 atom stereocenters. The van der Waals surface area contributed by atoms with Gasteiger partial charge in [-0.15, -0.1) is 0 Å². The topological polar surface area (TPSA) is 0 Å². The van der Waals surface area contributed by atoms with Crippen LogP contribution in [0.1, 0.15) is 46.0 Å². The van der Waals surface area contributed by atoms with Gasteiger partial charge in [0.25, 0.3) is 0 Å². The first kappa shape index (κ1) is 16.6. The summed E-state index contributed by atoms with van der Waals surface area (Å²) >= 11 is -0.813. The van der Waals surface area contributed by atoms with E-state index in [9.17, 15) is 0 Å². The van der Waals surface area contributed by atoms with Crippen LogP contribution in [0.5, 0.6) is 0 Å². The SMILES string of the molecule is CCC1(CC)CC(PC)C[C](PC)([Ti]([CH3])[CH3])C1. The molecule has 0 bridgehead atoms. The maximum absolute atomic E-state index is 2.63. The summed E-state index contributed by atoms with van der Waals surface area (Å²) < 4.78 is 0.831. The van der Waals surface area contributed by atoms with Crippen LogP contribution in [0.2, 0.25) is 10.5 Å². The minimum absolute atomic E-state index is 0.708. The Morgan fingerprint density at radius 2 is 1.71 bits per heavy atom. The van der Waals surface area contributed by atoms with E-state index in [-0.39, 0.29) is 0 Å². The average Bonchev–Trinajstić information content (AvgIpc) is 2.37. The van der Waals surface area contributed by atoms with Crippen molar-refractivity contribution in [3.63, 3.8) is 0 Å². The second-order valence-corrected chi connectivity index (χ2v) is 14.4. The maximum atomic E-state index is 2.63.